The Morgan fingerprint density at radius 2 is 2.07 bits per heavy atom. The van der Waals surface area contributed by atoms with Gasteiger partial charge in [-0.3, -0.25) is 4.79 Å². The van der Waals surface area contributed by atoms with Crippen LogP contribution < -0.4 is 5.32 Å². The van der Waals surface area contributed by atoms with Gasteiger partial charge in [0.05, 0.1) is 5.54 Å². The van der Waals surface area contributed by atoms with E-state index in [1.807, 2.05) is 20.8 Å². The summed E-state index contributed by atoms with van der Waals surface area (Å²) in [6, 6.07) is 0. The summed E-state index contributed by atoms with van der Waals surface area (Å²) in [5.41, 5.74) is -0.506. The number of nitrogens with zero attached hydrogens (tertiary/aromatic N) is 2. The molecule has 0 fully saturated rings. The van der Waals surface area contributed by atoms with Gasteiger partial charge in [-0.05, 0) is 20.8 Å². The number of hydrogen-bond donors (Lipinski definition) is 1. The molecule has 1 rings (SSSR count). The van der Waals surface area contributed by atoms with Crippen LogP contribution in [0.4, 0.5) is 10.1 Å². The van der Waals surface area contributed by atoms with Gasteiger partial charge in [0.1, 0.15) is 5.69 Å². The van der Waals surface area contributed by atoms with Crippen LogP contribution in [-0.2, 0) is 10.3 Å². The molecule has 0 aromatic carbocycles. The van der Waals surface area contributed by atoms with Crippen molar-refractivity contribution in [2.45, 2.75) is 33.2 Å². The Morgan fingerprint density at radius 1 is 1.53 bits per heavy atom. The van der Waals surface area contributed by atoms with Crippen LogP contribution in [0.1, 0.15) is 27.7 Å². The summed E-state index contributed by atoms with van der Waals surface area (Å²) in [7, 11) is 0. The minimum absolute atomic E-state index is 0.0703. The van der Waals surface area contributed by atoms with Crippen molar-refractivity contribution in [2.24, 2.45) is 0 Å². The van der Waals surface area contributed by atoms with Gasteiger partial charge in [-0.1, -0.05) is 11.6 Å². The molecule has 15 heavy (non-hydrogen) atoms. The van der Waals surface area contributed by atoms with Gasteiger partial charge in [0.15, 0.2) is 5.15 Å². The summed E-state index contributed by atoms with van der Waals surface area (Å²) in [6.45, 7) is 6.79. The van der Waals surface area contributed by atoms with Gasteiger partial charge >= 0.3 is 0 Å². The van der Waals surface area contributed by atoms with Gasteiger partial charge in [-0.15, -0.1) is 5.10 Å². The number of halogens is 2. The first kappa shape index (κ1) is 12.0. The van der Waals surface area contributed by atoms with Crippen LogP contribution >= 0.6 is 11.6 Å². The maximum atomic E-state index is 13.3. The topological polar surface area (TPSA) is 46.9 Å². The van der Waals surface area contributed by atoms with Crippen LogP contribution in [0.3, 0.4) is 0 Å². The number of aromatic nitrogens is 2. The molecule has 0 atom stereocenters. The molecular weight excluding hydrogens is 221 g/mol. The van der Waals surface area contributed by atoms with Gasteiger partial charge < -0.3 is 5.32 Å². The number of hydrogen-bond acceptors (Lipinski definition) is 2. The quantitative estimate of drug-likeness (QED) is 0.810. The second-order valence-electron chi connectivity index (χ2n) is 4.22. The molecular formula is C9H13ClFN3O. The molecule has 1 N–H and O–H groups in total. The Morgan fingerprint density at radius 3 is 2.40 bits per heavy atom. The van der Waals surface area contributed by atoms with Gasteiger partial charge in [-0.2, -0.15) is 4.39 Å². The van der Waals surface area contributed by atoms with Crippen LogP contribution in [0.2, 0.25) is 5.15 Å². The fourth-order valence-electron chi connectivity index (χ4n) is 1.10. The highest BCUT2D eigenvalue weighted by Gasteiger charge is 2.24. The molecule has 4 nitrogen and oxygen atoms in total. The largest absolute Gasteiger partial charge is 0.320 e. The van der Waals surface area contributed by atoms with E-state index in [0.29, 0.717) is 0 Å². The minimum atomic E-state index is -0.773. The van der Waals surface area contributed by atoms with Crippen LogP contribution in [0, 0.1) is 5.95 Å². The van der Waals surface area contributed by atoms with Crippen molar-refractivity contribution in [3.05, 3.63) is 11.1 Å². The number of rotatable bonds is 1. The normalized spacial score (nSPS) is 11.6. The molecule has 6 heteroatoms. The number of carbonyl (C=O) groups is 1. The van der Waals surface area contributed by atoms with Crippen LogP contribution in [-0.4, -0.2) is 15.7 Å². The van der Waals surface area contributed by atoms with E-state index in [9.17, 15) is 9.18 Å². The van der Waals surface area contributed by atoms with Gasteiger partial charge in [0, 0.05) is 6.92 Å². The van der Waals surface area contributed by atoms with E-state index < -0.39 is 11.5 Å². The maximum absolute atomic E-state index is 13.3. The van der Waals surface area contributed by atoms with Crippen molar-refractivity contribution in [1.82, 2.24) is 9.78 Å². The lowest BCUT2D eigenvalue weighted by atomic mass is 10.1. The number of carbonyl (C=O) groups excluding carboxylic acids is 1. The lowest BCUT2D eigenvalue weighted by molar-refractivity contribution is -0.114. The second kappa shape index (κ2) is 3.81. The molecule has 0 aliphatic heterocycles. The average Bonchev–Trinajstić information content (AvgIpc) is 2.30. The van der Waals surface area contributed by atoms with Gasteiger partial charge in [0.25, 0.3) is 5.95 Å². The van der Waals surface area contributed by atoms with E-state index in [2.05, 4.69) is 10.4 Å². The van der Waals surface area contributed by atoms with E-state index >= 15 is 0 Å². The van der Waals surface area contributed by atoms with Crippen molar-refractivity contribution in [1.29, 1.82) is 0 Å². The van der Waals surface area contributed by atoms with Crippen molar-refractivity contribution in [3.8, 4) is 0 Å². The zero-order chi connectivity index (χ0) is 11.8. The van der Waals surface area contributed by atoms with Crippen molar-refractivity contribution in [3.63, 3.8) is 0 Å². The standard InChI is InChI=1S/C9H13ClFN3O/c1-5(15)12-6-7(10)14(9(2,3)4)13-8(6)11/h1-4H3,(H,12,15). The summed E-state index contributed by atoms with van der Waals surface area (Å²) in [5, 5.41) is 6.04. The van der Waals surface area contributed by atoms with Crippen molar-refractivity contribution < 1.29 is 9.18 Å². The number of amides is 1. The first-order chi connectivity index (χ1) is 6.73. The third-order valence-electron chi connectivity index (χ3n) is 1.72. The molecule has 0 saturated carbocycles. The molecule has 1 heterocycles. The Labute approximate surface area is 92.4 Å². The summed E-state index contributed by atoms with van der Waals surface area (Å²) in [4.78, 5) is 10.8. The van der Waals surface area contributed by atoms with E-state index in [-0.39, 0.29) is 16.7 Å². The van der Waals surface area contributed by atoms with Gasteiger partial charge in [-0.25, -0.2) is 4.68 Å². The Bertz CT molecular complexity index is 395. The molecule has 0 radical (unpaired) electrons. The Hall–Kier alpha value is -1.10. The first-order valence-electron chi connectivity index (χ1n) is 4.45. The van der Waals surface area contributed by atoms with Crippen LogP contribution in [0.5, 0.6) is 0 Å². The SMILES string of the molecule is CC(=O)Nc1c(F)nn(C(C)(C)C)c1Cl. The van der Waals surface area contributed by atoms with E-state index in [0.717, 1.165) is 0 Å². The monoisotopic (exact) mass is 233 g/mol. The van der Waals surface area contributed by atoms with Crippen LogP contribution in [0.25, 0.3) is 0 Å². The molecule has 0 aliphatic rings. The lowest BCUT2D eigenvalue weighted by Gasteiger charge is -2.19. The highest BCUT2D eigenvalue weighted by atomic mass is 35.5. The highest BCUT2D eigenvalue weighted by molar-refractivity contribution is 6.32. The Kier molecular flexibility index (Phi) is 3.04. The van der Waals surface area contributed by atoms with Crippen molar-refractivity contribution in [2.75, 3.05) is 5.32 Å². The molecule has 84 valence electrons. The third-order valence-corrected chi connectivity index (χ3v) is 2.07. The molecule has 0 unspecified atom stereocenters. The minimum Gasteiger partial charge on any atom is -0.320 e. The molecule has 0 bridgehead atoms. The first-order valence-corrected chi connectivity index (χ1v) is 4.83. The third kappa shape index (κ3) is 2.47. The number of anilines is 1. The smallest absolute Gasteiger partial charge is 0.257 e. The predicted molar refractivity (Wildman–Crippen MR) is 56.5 cm³/mol. The van der Waals surface area contributed by atoms with Gasteiger partial charge in [0.2, 0.25) is 5.91 Å². The molecule has 1 amide bonds. The molecule has 0 aliphatic carbocycles. The predicted octanol–water partition coefficient (Wildman–Crippen LogP) is 2.39. The summed E-state index contributed by atoms with van der Waals surface area (Å²) < 4.78 is 14.7. The summed E-state index contributed by atoms with van der Waals surface area (Å²) in [6.07, 6.45) is 0. The van der Waals surface area contributed by atoms with E-state index in [1.165, 1.54) is 11.6 Å². The highest BCUT2D eigenvalue weighted by Crippen LogP contribution is 2.29. The zero-order valence-electron chi connectivity index (χ0n) is 9.06. The molecule has 1 aromatic heterocycles. The fourth-order valence-corrected chi connectivity index (χ4v) is 1.51. The average molecular weight is 234 g/mol. The number of nitrogens with one attached hydrogen (secondary N) is 1. The van der Waals surface area contributed by atoms with Crippen LogP contribution in [0.15, 0.2) is 0 Å². The summed E-state index contributed by atoms with van der Waals surface area (Å²) >= 11 is 5.90. The lowest BCUT2D eigenvalue weighted by Crippen LogP contribution is -2.23. The zero-order valence-corrected chi connectivity index (χ0v) is 9.81. The molecule has 1 aromatic rings. The van der Waals surface area contributed by atoms with E-state index in [4.69, 9.17) is 11.6 Å². The fraction of sp³-hybridized carbons (Fsp3) is 0.556. The van der Waals surface area contributed by atoms with E-state index in [1.54, 1.807) is 0 Å². The molecule has 0 spiro atoms. The maximum Gasteiger partial charge on any atom is 0.257 e. The second-order valence-corrected chi connectivity index (χ2v) is 4.58. The van der Waals surface area contributed by atoms with Crippen molar-refractivity contribution >= 4 is 23.2 Å². The summed E-state index contributed by atoms with van der Waals surface area (Å²) in [5.74, 6) is -1.16. The molecule has 0 saturated heterocycles. The Balaban J connectivity index is 3.21.